The molecule has 0 saturated carbocycles. The van der Waals surface area contributed by atoms with Crippen molar-refractivity contribution >= 4 is 46.7 Å². The molecule has 142 valence electrons. The minimum absolute atomic E-state index is 0.354. The van der Waals surface area contributed by atoms with Gasteiger partial charge >= 0.3 is 5.97 Å². The highest BCUT2D eigenvalue weighted by Gasteiger charge is 2.23. The van der Waals surface area contributed by atoms with Crippen LogP contribution in [0.25, 0.3) is 0 Å². The number of carbonyl (C=O) groups excluding carboxylic acids is 3. The Kier molecular flexibility index (Phi) is 7.21. The fraction of sp³-hybridized carbons (Fsp3) is 0.211. The second kappa shape index (κ2) is 9.39. The van der Waals surface area contributed by atoms with Gasteiger partial charge in [-0.25, -0.2) is 4.79 Å². The number of carbonyl (C=O) groups is 3. The average Bonchev–Trinajstić information content (AvgIpc) is 2.63. The number of halogens is 2. The number of hydrogen-bond donors (Lipinski definition) is 2. The molecule has 0 aliphatic carbocycles. The Bertz CT molecular complexity index is 823. The summed E-state index contributed by atoms with van der Waals surface area (Å²) in [4.78, 5) is 36.3. The van der Waals surface area contributed by atoms with Crippen molar-refractivity contribution in [3.8, 4) is 0 Å². The molecule has 0 saturated heterocycles. The topological polar surface area (TPSA) is 84.5 Å². The van der Waals surface area contributed by atoms with Crippen LogP contribution in [0.5, 0.6) is 0 Å². The van der Waals surface area contributed by atoms with E-state index in [1.165, 1.54) is 26.0 Å². The normalized spacial score (nSPS) is 12.6. The van der Waals surface area contributed by atoms with Crippen LogP contribution in [0.2, 0.25) is 10.0 Å². The largest absolute Gasteiger partial charge is 0.451 e. The van der Waals surface area contributed by atoms with Gasteiger partial charge in [0, 0.05) is 21.3 Å². The van der Waals surface area contributed by atoms with E-state index in [1.54, 1.807) is 36.4 Å². The van der Waals surface area contributed by atoms with Crippen LogP contribution in [0, 0.1) is 0 Å². The summed E-state index contributed by atoms with van der Waals surface area (Å²) >= 11 is 11.6. The molecular formula is C19H18Cl2N2O4. The zero-order valence-electron chi connectivity index (χ0n) is 14.7. The number of nitrogens with one attached hydrogen (secondary N) is 2. The number of anilines is 1. The molecule has 0 heterocycles. The summed E-state index contributed by atoms with van der Waals surface area (Å²) in [6.45, 7) is 2.91. The second-order valence-electron chi connectivity index (χ2n) is 5.78. The van der Waals surface area contributed by atoms with Crippen LogP contribution >= 0.6 is 23.2 Å². The van der Waals surface area contributed by atoms with Crippen LogP contribution in [0.1, 0.15) is 24.2 Å². The minimum Gasteiger partial charge on any atom is -0.451 e. The first-order valence-electron chi connectivity index (χ1n) is 8.09. The monoisotopic (exact) mass is 408 g/mol. The first-order chi connectivity index (χ1) is 12.8. The van der Waals surface area contributed by atoms with Gasteiger partial charge in [0.05, 0.1) is 0 Å². The molecule has 0 radical (unpaired) electrons. The lowest BCUT2D eigenvalue weighted by atomic mass is 10.2. The number of amides is 2. The standard InChI is InChI=1S/C19H18Cl2N2O4/c1-11(22-18(25)13-3-5-14(20)6-4-13)19(26)27-12(2)17(24)23-16-9-7-15(21)8-10-16/h3-12H,1-2H3,(H,22,25)(H,23,24)/t11-,12-/m0/s1. The molecule has 0 spiro atoms. The zero-order chi connectivity index (χ0) is 20.0. The fourth-order valence-corrected chi connectivity index (χ4v) is 2.30. The Morgan fingerprint density at radius 2 is 1.41 bits per heavy atom. The molecule has 0 aliphatic rings. The molecule has 2 atom stereocenters. The molecule has 0 fully saturated rings. The van der Waals surface area contributed by atoms with E-state index in [0.717, 1.165) is 0 Å². The lowest BCUT2D eigenvalue weighted by Crippen LogP contribution is -2.42. The van der Waals surface area contributed by atoms with Crippen molar-refractivity contribution in [3.05, 3.63) is 64.1 Å². The fourth-order valence-electron chi connectivity index (χ4n) is 2.05. The van der Waals surface area contributed by atoms with Gasteiger partial charge in [0.15, 0.2) is 6.10 Å². The molecule has 2 amide bonds. The summed E-state index contributed by atoms with van der Waals surface area (Å²) in [7, 11) is 0. The lowest BCUT2D eigenvalue weighted by Gasteiger charge is -2.17. The lowest BCUT2D eigenvalue weighted by molar-refractivity contribution is -0.154. The van der Waals surface area contributed by atoms with Crippen LogP contribution in [-0.2, 0) is 14.3 Å². The Hall–Kier alpha value is -2.57. The molecule has 2 aromatic rings. The van der Waals surface area contributed by atoms with Crippen LogP contribution < -0.4 is 10.6 Å². The molecule has 6 nitrogen and oxygen atoms in total. The van der Waals surface area contributed by atoms with Crippen molar-refractivity contribution in [2.24, 2.45) is 0 Å². The summed E-state index contributed by atoms with van der Waals surface area (Å²) in [5.41, 5.74) is 0.879. The molecule has 0 aromatic heterocycles. The molecule has 0 unspecified atom stereocenters. The molecule has 2 rings (SSSR count). The van der Waals surface area contributed by atoms with Crippen molar-refractivity contribution in [3.63, 3.8) is 0 Å². The maximum Gasteiger partial charge on any atom is 0.329 e. The number of hydrogen-bond acceptors (Lipinski definition) is 4. The maximum atomic E-state index is 12.1. The van der Waals surface area contributed by atoms with E-state index >= 15 is 0 Å². The predicted molar refractivity (Wildman–Crippen MR) is 104 cm³/mol. The van der Waals surface area contributed by atoms with E-state index in [0.29, 0.717) is 21.3 Å². The van der Waals surface area contributed by atoms with E-state index in [9.17, 15) is 14.4 Å². The van der Waals surface area contributed by atoms with Gasteiger partial charge in [-0.05, 0) is 62.4 Å². The molecule has 8 heteroatoms. The van der Waals surface area contributed by atoms with Crippen molar-refractivity contribution in [1.82, 2.24) is 5.32 Å². The summed E-state index contributed by atoms with van der Waals surface area (Å²) < 4.78 is 5.11. The van der Waals surface area contributed by atoms with Crippen LogP contribution in [0.3, 0.4) is 0 Å². The molecule has 2 N–H and O–H groups in total. The van der Waals surface area contributed by atoms with Crippen molar-refractivity contribution in [2.45, 2.75) is 26.0 Å². The first kappa shape index (κ1) is 20.7. The van der Waals surface area contributed by atoms with Gasteiger partial charge in [-0.1, -0.05) is 23.2 Å². The Labute approximate surface area is 166 Å². The van der Waals surface area contributed by atoms with Crippen LogP contribution in [-0.4, -0.2) is 29.9 Å². The van der Waals surface area contributed by atoms with Gasteiger partial charge in [0.2, 0.25) is 0 Å². The van der Waals surface area contributed by atoms with Crippen molar-refractivity contribution in [2.75, 3.05) is 5.32 Å². The molecule has 0 aliphatic heterocycles. The van der Waals surface area contributed by atoms with Gasteiger partial charge in [-0.3, -0.25) is 9.59 Å². The first-order valence-corrected chi connectivity index (χ1v) is 8.85. The number of ether oxygens (including phenoxy) is 1. The number of rotatable bonds is 6. The maximum absolute atomic E-state index is 12.1. The summed E-state index contributed by atoms with van der Waals surface area (Å²) in [5.74, 6) is -1.67. The quantitative estimate of drug-likeness (QED) is 0.713. The highest BCUT2D eigenvalue weighted by atomic mass is 35.5. The Morgan fingerprint density at radius 3 is 1.96 bits per heavy atom. The van der Waals surface area contributed by atoms with E-state index in [2.05, 4.69) is 10.6 Å². The van der Waals surface area contributed by atoms with Crippen molar-refractivity contribution < 1.29 is 19.1 Å². The highest BCUT2D eigenvalue weighted by Crippen LogP contribution is 2.14. The van der Waals surface area contributed by atoms with Gasteiger partial charge < -0.3 is 15.4 Å². The van der Waals surface area contributed by atoms with E-state index in [-0.39, 0.29) is 0 Å². The summed E-state index contributed by atoms with van der Waals surface area (Å²) in [6, 6.07) is 11.8. The Balaban J connectivity index is 1.86. The van der Waals surface area contributed by atoms with Gasteiger partial charge in [0.1, 0.15) is 6.04 Å². The molecule has 2 aromatic carbocycles. The number of esters is 1. The Morgan fingerprint density at radius 1 is 0.889 bits per heavy atom. The predicted octanol–water partition coefficient (Wildman–Crippen LogP) is 3.68. The van der Waals surface area contributed by atoms with E-state index in [4.69, 9.17) is 27.9 Å². The smallest absolute Gasteiger partial charge is 0.329 e. The zero-order valence-corrected chi connectivity index (χ0v) is 16.2. The van der Waals surface area contributed by atoms with E-state index in [1.807, 2.05) is 0 Å². The third-order valence-corrected chi connectivity index (χ3v) is 4.09. The number of benzene rings is 2. The van der Waals surface area contributed by atoms with Crippen LogP contribution in [0.15, 0.2) is 48.5 Å². The van der Waals surface area contributed by atoms with Gasteiger partial charge in [-0.2, -0.15) is 0 Å². The van der Waals surface area contributed by atoms with Crippen LogP contribution in [0.4, 0.5) is 5.69 Å². The third-order valence-electron chi connectivity index (χ3n) is 3.58. The van der Waals surface area contributed by atoms with Gasteiger partial charge in [0.25, 0.3) is 11.8 Å². The minimum atomic E-state index is -1.04. The molecular weight excluding hydrogens is 391 g/mol. The summed E-state index contributed by atoms with van der Waals surface area (Å²) in [6.07, 6.45) is -1.04. The molecule has 27 heavy (non-hydrogen) atoms. The van der Waals surface area contributed by atoms with Gasteiger partial charge in [-0.15, -0.1) is 0 Å². The van der Waals surface area contributed by atoms with E-state index < -0.39 is 29.9 Å². The highest BCUT2D eigenvalue weighted by molar-refractivity contribution is 6.31. The summed E-state index contributed by atoms with van der Waals surface area (Å²) in [5, 5.41) is 6.16. The average molecular weight is 409 g/mol. The third kappa shape index (κ3) is 6.27. The van der Waals surface area contributed by atoms with Crippen molar-refractivity contribution in [1.29, 1.82) is 0 Å². The molecule has 0 bridgehead atoms. The SMILES string of the molecule is C[C@H](NC(=O)c1ccc(Cl)cc1)C(=O)O[C@@H](C)C(=O)Nc1ccc(Cl)cc1. The second-order valence-corrected chi connectivity index (χ2v) is 6.65.